The van der Waals surface area contributed by atoms with Crippen LogP contribution in [0.5, 0.6) is 5.75 Å². The molecule has 1 atom stereocenters. The van der Waals surface area contributed by atoms with Gasteiger partial charge >= 0.3 is 5.97 Å². The Balaban J connectivity index is 1.49. The first-order valence-corrected chi connectivity index (χ1v) is 11.8. The summed E-state index contributed by atoms with van der Waals surface area (Å²) in [6.07, 6.45) is 5.27. The lowest BCUT2D eigenvalue weighted by Gasteiger charge is -2.29. The highest BCUT2D eigenvalue weighted by atomic mass is 32.2. The molecule has 2 saturated heterocycles. The third-order valence-electron chi connectivity index (χ3n) is 5.96. The monoisotopic (exact) mass is 444 g/mol. The van der Waals surface area contributed by atoms with E-state index in [9.17, 15) is 14.3 Å². The van der Waals surface area contributed by atoms with Gasteiger partial charge in [-0.25, -0.2) is 4.39 Å². The molecule has 0 spiro atoms. The first-order chi connectivity index (χ1) is 15.1. The first-order valence-electron chi connectivity index (χ1n) is 11.0. The number of benzene rings is 2. The number of anilines is 1. The summed E-state index contributed by atoms with van der Waals surface area (Å²) in [5.74, 6) is -0.264. The van der Waals surface area contributed by atoms with E-state index in [0.29, 0.717) is 19.6 Å². The van der Waals surface area contributed by atoms with Crippen molar-refractivity contribution in [3.05, 3.63) is 48.3 Å². The highest BCUT2D eigenvalue weighted by molar-refractivity contribution is 7.99. The molecule has 0 bridgehead atoms. The number of rotatable bonds is 8. The van der Waals surface area contributed by atoms with Crippen molar-refractivity contribution in [1.82, 2.24) is 4.90 Å². The van der Waals surface area contributed by atoms with Gasteiger partial charge in [0, 0.05) is 30.2 Å². The van der Waals surface area contributed by atoms with E-state index >= 15 is 0 Å². The number of carboxylic acids is 1. The molecule has 1 N–H and O–H groups in total. The molecule has 5 nitrogen and oxygen atoms in total. The molecule has 2 aromatic carbocycles. The molecule has 2 fully saturated rings. The van der Waals surface area contributed by atoms with Crippen LogP contribution in [0.1, 0.15) is 32.1 Å². The van der Waals surface area contributed by atoms with E-state index in [-0.39, 0.29) is 5.82 Å². The van der Waals surface area contributed by atoms with Crippen LogP contribution < -0.4 is 9.64 Å². The number of aliphatic carboxylic acids is 1. The van der Waals surface area contributed by atoms with Gasteiger partial charge in [0.05, 0.1) is 4.90 Å². The number of halogens is 1. The van der Waals surface area contributed by atoms with Crippen LogP contribution in [-0.4, -0.2) is 54.8 Å². The van der Waals surface area contributed by atoms with Crippen molar-refractivity contribution in [2.45, 2.75) is 47.9 Å². The van der Waals surface area contributed by atoms with Crippen LogP contribution in [-0.2, 0) is 4.79 Å². The van der Waals surface area contributed by atoms with Gasteiger partial charge in [0.25, 0.3) is 0 Å². The number of nitrogens with zero attached hydrogens (tertiary/aromatic N) is 2. The Kier molecular flexibility index (Phi) is 7.35. The Morgan fingerprint density at radius 1 is 1.10 bits per heavy atom. The lowest BCUT2D eigenvalue weighted by atomic mass is 10.1. The van der Waals surface area contributed by atoms with Crippen molar-refractivity contribution in [2.24, 2.45) is 0 Å². The average Bonchev–Trinajstić information content (AvgIpc) is 3.24. The van der Waals surface area contributed by atoms with Crippen molar-refractivity contribution in [2.75, 3.05) is 37.7 Å². The van der Waals surface area contributed by atoms with Crippen molar-refractivity contribution < 1.29 is 19.0 Å². The molecule has 4 rings (SSSR count). The minimum Gasteiger partial charge on any atom is -0.491 e. The fourth-order valence-electron chi connectivity index (χ4n) is 4.35. The van der Waals surface area contributed by atoms with Gasteiger partial charge in [-0.05, 0) is 75.0 Å². The molecule has 166 valence electrons. The maximum absolute atomic E-state index is 13.7. The number of carbonyl (C=O) groups is 1. The standard InChI is InChI=1S/C24H29FN2O3S/c25-18-6-4-7-20(16-18)31-23-17-19(26-11-2-1-3-12-26)9-10-22(23)30-15-14-27-13-5-8-21(27)24(28)29/h4,6-7,9-10,16-17,21H,1-3,5,8,11-15H2,(H,28,29). The molecule has 0 radical (unpaired) electrons. The summed E-state index contributed by atoms with van der Waals surface area (Å²) >= 11 is 1.50. The quantitative estimate of drug-likeness (QED) is 0.625. The maximum Gasteiger partial charge on any atom is 0.320 e. The third-order valence-corrected chi connectivity index (χ3v) is 6.99. The van der Waals surface area contributed by atoms with Gasteiger partial charge in [-0.3, -0.25) is 9.69 Å². The van der Waals surface area contributed by atoms with E-state index in [2.05, 4.69) is 17.0 Å². The zero-order chi connectivity index (χ0) is 21.6. The van der Waals surface area contributed by atoms with Crippen LogP contribution in [0.4, 0.5) is 10.1 Å². The lowest BCUT2D eigenvalue weighted by Crippen LogP contribution is -2.38. The van der Waals surface area contributed by atoms with E-state index in [0.717, 1.165) is 47.3 Å². The molecular formula is C24H29FN2O3S. The summed E-state index contributed by atoms with van der Waals surface area (Å²) in [7, 11) is 0. The molecular weight excluding hydrogens is 415 g/mol. The van der Waals surface area contributed by atoms with Crippen LogP contribution in [0, 0.1) is 5.82 Å². The van der Waals surface area contributed by atoms with Crippen molar-refractivity contribution in [3.63, 3.8) is 0 Å². The van der Waals surface area contributed by atoms with Crippen LogP contribution >= 0.6 is 11.8 Å². The second kappa shape index (κ2) is 10.4. The van der Waals surface area contributed by atoms with Crippen LogP contribution in [0.3, 0.4) is 0 Å². The molecule has 0 amide bonds. The Labute approximate surface area is 187 Å². The zero-order valence-corrected chi connectivity index (χ0v) is 18.5. The van der Waals surface area contributed by atoms with E-state index in [1.54, 1.807) is 6.07 Å². The number of likely N-dealkylation sites (tertiary alicyclic amines) is 1. The normalized spacial score (nSPS) is 19.5. The third kappa shape index (κ3) is 5.71. The van der Waals surface area contributed by atoms with Crippen LogP contribution in [0.2, 0.25) is 0 Å². The average molecular weight is 445 g/mol. The number of hydrogen-bond donors (Lipinski definition) is 1. The van der Waals surface area contributed by atoms with Gasteiger partial charge in [0.2, 0.25) is 0 Å². The zero-order valence-electron chi connectivity index (χ0n) is 17.6. The second-order valence-electron chi connectivity index (χ2n) is 8.12. The van der Waals surface area contributed by atoms with Gasteiger partial charge in [-0.15, -0.1) is 0 Å². The summed E-state index contributed by atoms with van der Waals surface area (Å²) in [6, 6.07) is 12.4. The smallest absolute Gasteiger partial charge is 0.320 e. The fourth-order valence-corrected chi connectivity index (χ4v) is 5.33. The molecule has 1 unspecified atom stereocenters. The first kappa shape index (κ1) is 22.0. The molecule has 0 saturated carbocycles. The molecule has 2 aliphatic rings. The fraction of sp³-hybridized carbons (Fsp3) is 0.458. The van der Waals surface area contributed by atoms with Gasteiger partial charge < -0.3 is 14.7 Å². The van der Waals surface area contributed by atoms with Gasteiger partial charge in [0.1, 0.15) is 24.2 Å². The van der Waals surface area contributed by atoms with Gasteiger partial charge in [-0.2, -0.15) is 0 Å². The van der Waals surface area contributed by atoms with Crippen molar-refractivity contribution in [3.8, 4) is 5.75 Å². The summed E-state index contributed by atoms with van der Waals surface area (Å²) in [5, 5.41) is 9.36. The van der Waals surface area contributed by atoms with E-state index in [1.807, 2.05) is 17.0 Å². The minimum absolute atomic E-state index is 0.256. The van der Waals surface area contributed by atoms with E-state index in [4.69, 9.17) is 4.74 Å². The summed E-state index contributed by atoms with van der Waals surface area (Å²) in [5.41, 5.74) is 1.16. The van der Waals surface area contributed by atoms with Gasteiger partial charge in [0.15, 0.2) is 0 Å². The number of carboxylic acid groups (broad SMARTS) is 1. The Morgan fingerprint density at radius 2 is 1.94 bits per heavy atom. The number of ether oxygens (including phenoxy) is 1. The van der Waals surface area contributed by atoms with Crippen LogP contribution in [0.25, 0.3) is 0 Å². The summed E-state index contributed by atoms with van der Waals surface area (Å²) in [4.78, 5) is 17.5. The largest absolute Gasteiger partial charge is 0.491 e. The Hall–Kier alpha value is -2.25. The molecule has 2 aliphatic heterocycles. The maximum atomic E-state index is 13.7. The number of piperidine rings is 1. The summed E-state index contributed by atoms with van der Waals surface area (Å²) in [6.45, 7) is 3.89. The predicted octanol–water partition coefficient (Wildman–Crippen LogP) is 4.90. The topological polar surface area (TPSA) is 53.0 Å². The van der Waals surface area contributed by atoms with E-state index in [1.165, 1.54) is 43.2 Å². The highest BCUT2D eigenvalue weighted by Gasteiger charge is 2.30. The second-order valence-corrected chi connectivity index (χ2v) is 9.23. The molecule has 2 heterocycles. The Bertz CT molecular complexity index is 904. The molecule has 7 heteroatoms. The predicted molar refractivity (Wildman–Crippen MR) is 121 cm³/mol. The molecule has 0 aliphatic carbocycles. The number of hydrogen-bond acceptors (Lipinski definition) is 5. The lowest BCUT2D eigenvalue weighted by molar-refractivity contribution is -0.142. The van der Waals surface area contributed by atoms with E-state index < -0.39 is 12.0 Å². The van der Waals surface area contributed by atoms with Crippen LogP contribution in [0.15, 0.2) is 52.3 Å². The summed E-state index contributed by atoms with van der Waals surface area (Å²) < 4.78 is 19.8. The Morgan fingerprint density at radius 3 is 2.71 bits per heavy atom. The van der Waals surface area contributed by atoms with Gasteiger partial charge in [-0.1, -0.05) is 17.8 Å². The molecule has 0 aromatic heterocycles. The molecule has 31 heavy (non-hydrogen) atoms. The molecule has 2 aromatic rings. The minimum atomic E-state index is -0.759. The van der Waals surface area contributed by atoms with Crippen molar-refractivity contribution in [1.29, 1.82) is 0 Å². The SMILES string of the molecule is O=C(O)C1CCCN1CCOc1ccc(N2CCCCC2)cc1Sc1cccc(F)c1. The van der Waals surface area contributed by atoms with Crippen molar-refractivity contribution >= 4 is 23.4 Å². The highest BCUT2D eigenvalue weighted by Crippen LogP contribution is 2.38.